The minimum absolute atomic E-state index is 0.0863. The first kappa shape index (κ1) is 10.8. The fourth-order valence-corrected chi connectivity index (χ4v) is 2.07. The lowest BCUT2D eigenvalue weighted by molar-refractivity contribution is 0.0938. The zero-order chi connectivity index (χ0) is 11.5. The van der Waals surface area contributed by atoms with Crippen molar-refractivity contribution in [2.75, 3.05) is 0 Å². The fraction of sp³-hybridized carbons (Fsp3) is 0.300. The highest BCUT2D eigenvalue weighted by Gasteiger charge is 2.15. The lowest BCUT2D eigenvalue weighted by Crippen LogP contribution is -2.28. The molecule has 0 aliphatic heterocycles. The molecule has 2 aromatic rings. The van der Waals surface area contributed by atoms with Gasteiger partial charge < -0.3 is 5.32 Å². The van der Waals surface area contributed by atoms with E-state index in [1.54, 1.807) is 17.8 Å². The number of hydrogen-bond acceptors (Lipinski definition) is 4. The van der Waals surface area contributed by atoms with Crippen LogP contribution in [0.3, 0.4) is 0 Å². The molecule has 0 spiro atoms. The number of carbonyl (C=O) groups excluding carboxylic acids is 1. The quantitative estimate of drug-likeness (QED) is 0.875. The highest BCUT2D eigenvalue weighted by molar-refractivity contribution is 7.08. The van der Waals surface area contributed by atoms with E-state index in [-0.39, 0.29) is 11.9 Å². The van der Waals surface area contributed by atoms with Gasteiger partial charge in [-0.2, -0.15) is 16.4 Å². The summed E-state index contributed by atoms with van der Waals surface area (Å²) in [4.78, 5) is 15.9. The molecule has 0 saturated heterocycles. The monoisotopic (exact) mass is 236 g/mol. The van der Waals surface area contributed by atoms with Crippen molar-refractivity contribution in [3.05, 3.63) is 34.5 Å². The van der Waals surface area contributed by atoms with Crippen LogP contribution in [-0.2, 0) is 7.05 Å². The van der Waals surface area contributed by atoms with E-state index >= 15 is 0 Å². The summed E-state index contributed by atoms with van der Waals surface area (Å²) >= 11 is 1.50. The Bertz CT molecular complexity index is 477. The maximum atomic E-state index is 11.8. The fourth-order valence-electron chi connectivity index (χ4n) is 1.44. The van der Waals surface area contributed by atoms with E-state index in [1.807, 2.05) is 17.7 Å². The van der Waals surface area contributed by atoms with Crippen molar-refractivity contribution in [2.45, 2.75) is 13.0 Å². The minimum atomic E-state index is -0.153. The molecule has 1 N–H and O–H groups in total. The van der Waals surface area contributed by atoms with Gasteiger partial charge in [0.1, 0.15) is 12.2 Å². The zero-order valence-corrected chi connectivity index (χ0v) is 9.86. The molecule has 2 rings (SSSR count). The molecule has 16 heavy (non-hydrogen) atoms. The van der Waals surface area contributed by atoms with E-state index < -0.39 is 0 Å². The third-order valence-electron chi connectivity index (χ3n) is 2.26. The Hall–Kier alpha value is -1.69. The molecule has 0 aliphatic rings. The Morgan fingerprint density at radius 3 is 3.00 bits per heavy atom. The Kier molecular flexibility index (Phi) is 3.00. The Morgan fingerprint density at radius 1 is 1.62 bits per heavy atom. The first-order valence-corrected chi connectivity index (χ1v) is 5.79. The number of amides is 1. The summed E-state index contributed by atoms with van der Waals surface area (Å²) in [5.74, 6) is 0.653. The maximum Gasteiger partial charge on any atom is 0.252 e. The molecule has 84 valence electrons. The Labute approximate surface area is 97.1 Å². The van der Waals surface area contributed by atoms with Gasteiger partial charge in [-0.3, -0.25) is 9.48 Å². The number of aryl methyl sites for hydroxylation is 1. The largest absolute Gasteiger partial charge is 0.342 e. The molecule has 2 heterocycles. The predicted octanol–water partition coefficient (Wildman–Crippen LogP) is 1.37. The van der Waals surface area contributed by atoms with Crippen molar-refractivity contribution in [2.24, 2.45) is 7.05 Å². The van der Waals surface area contributed by atoms with Crippen LogP contribution in [0.25, 0.3) is 0 Å². The van der Waals surface area contributed by atoms with Crippen LogP contribution in [0.2, 0.25) is 0 Å². The van der Waals surface area contributed by atoms with Crippen LogP contribution in [0.5, 0.6) is 0 Å². The van der Waals surface area contributed by atoms with Crippen LogP contribution in [0.1, 0.15) is 29.1 Å². The van der Waals surface area contributed by atoms with Crippen LogP contribution in [0.15, 0.2) is 23.2 Å². The second-order valence-electron chi connectivity index (χ2n) is 3.45. The molecule has 0 aliphatic carbocycles. The normalized spacial score (nSPS) is 12.4. The van der Waals surface area contributed by atoms with Crippen LogP contribution in [0.4, 0.5) is 0 Å². The van der Waals surface area contributed by atoms with Crippen molar-refractivity contribution in [3.63, 3.8) is 0 Å². The molecule has 5 nitrogen and oxygen atoms in total. The van der Waals surface area contributed by atoms with E-state index in [1.165, 1.54) is 17.7 Å². The van der Waals surface area contributed by atoms with Crippen LogP contribution < -0.4 is 5.32 Å². The van der Waals surface area contributed by atoms with Gasteiger partial charge >= 0.3 is 0 Å². The van der Waals surface area contributed by atoms with Crippen molar-refractivity contribution < 1.29 is 4.79 Å². The summed E-state index contributed by atoms with van der Waals surface area (Å²) in [6.07, 6.45) is 1.47. The number of nitrogens with zero attached hydrogens (tertiary/aromatic N) is 3. The van der Waals surface area contributed by atoms with Crippen LogP contribution >= 0.6 is 11.3 Å². The van der Waals surface area contributed by atoms with E-state index in [2.05, 4.69) is 15.4 Å². The average molecular weight is 236 g/mol. The number of rotatable bonds is 3. The Morgan fingerprint density at radius 2 is 2.44 bits per heavy atom. The first-order valence-electron chi connectivity index (χ1n) is 4.85. The van der Waals surface area contributed by atoms with Gasteiger partial charge in [0.25, 0.3) is 5.91 Å². The Balaban J connectivity index is 2.06. The zero-order valence-electron chi connectivity index (χ0n) is 9.04. The summed E-state index contributed by atoms with van der Waals surface area (Å²) in [5, 5.41) is 10.5. The topological polar surface area (TPSA) is 59.8 Å². The number of thiophene rings is 1. The third-order valence-corrected chi connectivity index (χ3v) is 2.95. The van der Waals surface area contributed by atoms with Gasteiger partial charge in [0.2, 0.25) is 0 Å². The summed E-state index contributed by atoms with van der Waals surface area (Å²) < 4.78 is 1.65. The van der Waals surface area contributed by atoms with Crippen molar-refractivity contribution in [1.82, 2.24) is 20.1 Å². The molecule has 0 aromatic carbocycles. The average Bonchev–Trinajstić information content (AvgIpc) is 2.86. The van der Waals surface area contributed by atoms with E-state index in [0.717, 1.165) is 5.82 Å². The molecular formula is C10H12N4OS. The standard InChI is InChI=1S/C10H12N4OS/c1-7(9-11-6-12-14(9)2)13-10(15)8-3-4-16-5-8/h3-7H,1-2H3,(H,13,15)/t7-/m1/s1. The molecule has 0 bridgehead atoms. The van der Waals surface area contributed by atoms with E-state index in [9.17, 15) is 4.79 Å². The van der Waals surface area contributed by atoms with Crippen molar-refractivity contribution >= 4 is 17.2 Å². The van der Waals surface area contributed by atoms with Gasteiger partial charge in [-0.25, -0.2) is 4.98 Å². The third kappa shape index (κ3) is 2.11. The van der Waals surface area contributed by atoms with Crippen LogP contribution in [-0.4, -0.2) is 20.7 Å². The van der Waals surface area contributed by atoms with Gasteiger partial charge in [-0.15, -0.1) is 0 Å². The smallest absolute Gasteiger partial charge is 0.252 e. The second kappa shape index (κ2) is 4.44. The first-order chi connectivity index (χ1) is 7.68. The van der Waals surface area contributed by atoms with Crippen molar-refractivity contribution in [3.8, 4) is 0 Å². The second-order valence-corrected chi connectivity index (χ2v) is 4.23. The summed E-state index contributed by atoms with van der Waals surface area (Å²) in [7, 11) is 1.80. The summed E-state index contributed by atoms with van der Waals surface area (Å²) in [6, 6.07) is 1.64. The highest BCUT2D eigenvalue weighted by Crippen LogP contribution is 2.10. The highest BCUT2D eigenvalue weighted by atomic mass is 32.1. The SMILES string of the molecule is C[C@@H](NC(=O)c1ccsc1)c1ncnn1C. The number of carbonyl (C=O) groups is 1. The van der Waals surface area contributed by atoms with Gasteiger partial charge in [-0.1, -0.05) is 0 Å². The van der Waals surface area contributed by atoms with E-state index in [4.69, 9.17) is 0 Å². The predicted molar refractivity (Wildman–Crippen MR) is 61.2 cm³/mol. The van der Waals surface area contributed by atoms with Gasteiger partial charge in [-0.05, 0) is 18.4 Å². The van der Waals surface area contributed by atoms with E-state index in [0.29, 0.717) is 5.56 Å². The van der Waals surface area contributed by atoms with Gasteiger partial charge in [0.15, 0.2) is 0 Å². The molecule has 0 radical (unpaired) electrons. The molecule has 0 unspecified atom stereocenters. The molecule has 6 heteroatoms. The minimum Gasteiger partial charge on any atom is -0.342 e. The van der Waals surface area contributed by atoms with Gasteiger partial charge in [0, 0.05) is 12.4 Å². The number of aromatic nitrogens is 3. The molecule has 0 saturated carbocycles. The number of nitrogens with one attached hydrogen (secondary N) is 1. The van der Waals surface area contributed by atoms with Gasteiger partial charge in [0.05, 0.1) is 11.6 Å². The molecule has 1 atom stereocenters. The van der Waals surface area contributed by atoms with Crippen LogP contribution in [0, 0.1) is 0 Å². The summed E-state index contributed by atoms with van der Waals surface area (Å²) in [6.45, 7) is 1.88. The maximum absolute atomic E-state index is 11.8. The molecule has 1 amide bonds. The number of hydrogen-bond donors (Lipinski definition) is 1. The molecular weight excluding hydrogens is 224 g/mol. The summed E-state index contributed by atoms with van der Waals surface area (Å²) in [5.41, 5.74) is 0.680. The molecule has 0 fully saturated rings. The lowest BCUT2D eigenvalue weighted by Gasteiger charge is -2.12. The molecule has 2 aromatic heterocycles. The lowest BCUT2D eigenvalue weighted by atomic mass is 10.2. The van der Waals surface area contributed by atoms with Crippen molar-refractivity contribution in [1.29, 1.82) is 0 Å².